The Hall–Kier alpha value is -1.29. The molecule has 0 unspecified atom stereocenters. The molecule has 1 heterocycles. The van der Waals surface area contributed by atoms with Crippen LogP contribution in [0.5, 0.6) is 0 Å². The number of carbonyl (C=O) groups excluding carboxylic acids is 1. The minimum absolute atomic E-state index is 0. The maximum Gasteiger partial charge on any atom is 0.295 e. The van der Waals surface area contributed by atoms with Crippen molar-refractivity contribution in [2.45, 2.75) is 32.2 Å². The summed E-state index contributed by atoms with van der Waals surface area (Å²) in [5.41, 5.74) is 8.92. The summed E-state index contributed by atoms with van der Waals surface area (Å²) in [6.45, 7) is 5.50. The molecule has 2 aromatic rings. The Bertz CT molecular complexity index is 736. The minimum atomic E-state index is -4.08. The van der Waals surface area contributed by atoms with E-state index in [1.165, 1.54) is 11.3 Å². The molecule has 0 aliphatic rings. The maximum absolute atomic E-state index is 10.9. The van der Waals surface area contributed by atoms with E-state index in [9.17, 15) is 13.2 Å². The number of thiazole rings is 1. The second kappa shape index (κ2) is 9.11. The second-order valence-corrected chi connectivity index (χ2v) is 6.98. The van der Waals surface area contributed by atoms with Crippen LogP contribution in [0.4, 0.5) is 0 Å². The van der Waals surface area contributed by atoms with E-state index in [0.717, 1.165) is 5.56 Å². The molecule has 0 aliphatic heterocycles. The molecule has 2 rings (SSSR count). The van der Waals surface area contributed by atoms with Crippen LogP contribution in [0, 0.1) is 20.8 Å². The third kappa shape index (κ3) is 7.21. The van der Waals surface area contributed by atoms with E-state index in [4.69, 9.17) is 10.3 Å². The molecule has 23 heavy (non-hydrogen) atoms. The van der Waals surface area contributed by atoms with Gasteiger partial charge in [0.15, 0.2) is 6.20 Å². The highest BCUT2D eigenvalue weighted by Gasteiger charge is 2.15. The monoisotopic (exact) mass is 422 g/mol. The Morgan fingerprint density at radius 3 is 2.13 bits per heavy atom. The first-order valence-electron chi connectivity index (χ1n) is 6.36. The van der Waals surface area contributed by atoms with Crippen LogP contribution in [-0.2, 0) is 21.5 Å². The van der Waals surface area contributed by atoms with Gasteiger partial charge in [-0.1, -0.05) is 29.0 Å². The van der Waals surface area contributed by atoms with Gasteiger partial charge < -0.3 is 22.7 Å². The van der Waals surface area contributed by atoms with Crippen LogP contribution >= 0.6 is 11.3 Å². The number of halogens is 1. The molecule has 128 valence electrons. The molecule has 1 aromatic heterocycles. The molecule has 9 heteroatoms. The van der Waals surface area contributed by atoms with Gasteiger partial charge in [-0.25, -0.2) is 0 Å². The number of nitrogens with two attached hydrogens (primary N) is 1. The molecule has 0 atom stereocenters. The van der Waals surface area contributed by atoms with Crippen molar-refractivity contribution < 1.29 is 39.3 Å². The first kappa shape index (κ1) is 21.7. The van der Waals surface area contributed by atoms with E-state index in [0.29, 0.717) is 11.1 Å². The third-order valence-electron chi connectivity index (χ3n) is 2.73. The largest absolute Gasteiger partial charge is 1.00 e. The van der Waals surface area contributed by atoms with Gasteiger partial charge in [0, 0.05) is 0 Å². The van der Waals surface area contributed by atoms with Crippen LogP contribution in [0.25, 0.3) is 0 Å². The number of hydrogen-bond acceptors (Lipinski definition) is 4. The average Bonchev–Trinajstić information content (AvgIpc) is 2.77. The molecule has 6 nitrogen and oxygen atoms in total. The zero-order valence-corrected chi connectivity index (χ0v) is 16.2. The highest BCUT2D eigenvalue weighted by molar-refractivity contribution is 7.86. The van der Waals surface area contributed by atoms with Crippen LogP contribution in [0.15, 0.2) is 34.1 Å². The Morgan fingerprint density at radius 1 is 1.26 bits per heavy atom. The average molecular weight is 423 g/mol. The van der Waals surface area contributed by atoms with Gasteiger partial charge in [-0.3, -0.25) is 9.35 Å². The predicted octanol–water partition coefficient (Wildman–Crippen LogP) is -1.62. The van der Waals surface area contributed by atoms with E-state index in [2.05, 4.69) is 0 Å². The maximum atomic E-state index is 10.9. The molecular weight excluding hydrogens is 404 g/mol. The van der Waals surface area contributed by atoms with Crippen molar-refractivity contribution in [2.75, 3.05) is 0 Å². The van der Waals surface area contributed by atoms with Gasteiger partial charge in [-0.2, -0.15) is 13.0 Å². The molecule has 3 N–H and O–H groups in total. The van der Waals surface area contributed by atoms with Crippen molar-refractivity contribution in [3.63, 3.8) is 0 Å². The number of primary amides is 1. The van der Waals surface area contributed by atoms with E-state index in [-0.39, 0.29) is 34.3 Å². The molecule has 0 spiro atoms. The summed E-state index contributed by atoms with van der Waals surface area (Å²) in [4.78, 5) is 10.3. The zero-order valence-electron chi connectivity index (χ0n) is 13.0. The lowest BCUT2D eigenvalue weighted by atomic mass is 10.1. The van der Waals surface area contributed by atoms with Gasteiger partial charge in [0.1, 0.15) is 0 Å². The summed E-state index contributed by atoms with van der Waals surface area (Å²) in [5, 5.41) is 1.89. The highest BCUT2D eigenvalue weighted by Crippen LogP contribution is 2.20. The number of carbonyl (C=O) groups is 1. The van der Waals surface area contributed by atoms with Crippen molar-refractivity contribution in [2.24, 2.45) is 5.73 Å². The van der Waals surface area contributed by atoms with E-state index < -0.39 is 10.1 Å². The van der Waals surface area contributed by atoms with Crippen molar-refractivity contribution >= 4 is 27.4 Å². The summed E-state index contributed by atoms with van der Waals surface area (Å²) in [6, 6.07) is 3.46. The summed E-state index contributed by atoms with van der Waals surface area (Å²) < 4.78 is 32.5. The topological polar surface area (TPSA) is 101 Å². The van der Waals surface area contributed by atoms with Gasteiger partial charge >= 0.3 is 0 Å². The minimum Gasteiger partial charge on any atom is -1.00 e. The Kier molecular flexibility index (Phi) is 8.60. The van der Waals surface area contributed by atoms with Gasteiger partial charge in [0.2, 0.25) is 12.1 Å². The van der Waals surface area contributed by atoms with Crippen molar-refractivity contribution in [1.82, 2.24) is 0 Å². The Morgan fingerprint density at radius 2 is 1.78 bits per heavy atom. The van der Waals surface area contributed by atoms with Crippen molar-refractivity contribution in [3.05, 3.63) is 45.9 Å². The lowest BCUT2D eigenvalue weighted by Crippen LogP contribution is -3.00. The smallest absolute Gasteiger partial charge is 0.295 e. The standard InChI is InChI=1S/C9H12O3S.C5H6N2OS.BrH/c1-6-4-7(2)9(8(3)5-6)13(10,11)12;6-5(8)3-7-1-2-9-4-7;/h4-5H,1-3H3,(H,10,11,12);1-2,4H,3H2,(H-,6,8);1H. The predicted molar refractivity (Wildman–Crippen MR) is 84.2 cm³/mol. The Balaban J connectivity index is 0.000000427. The van der Waals surface area contributed by atoms with Crippen LogP contribution in [-0.4, -0.2) is 18.9 Å². The van der Waals surface area contributed by atoms with Crippen LogP contribution in [0.1, 0.15) is 16.7 Å². The fourth-order valence-corrected chi connectivity index (χ4v) is 3.63. The lowest BCUT2D eigenvalue weighted by Gasteiger charge is -2.07. The molecule has 1 amide bonds. The van der Waals surface area contributed by atoms with Gasteiger partial charge in [0.25, 0.3) is 16.0 Å². The number of aryl methyl sites for hydroxylation is 3. The SMILES string of the molecule is Cc1cc(C)c(S(=O)(=O)O)c(C)c1.NC(=O)C[n+]1ccsc1.[Br-]. The van der Waals surface area contributed by atoms with E-state index in [1.54, 1.807) is 30.5 Å². The van der Waals surface area contributed by atoms with Gasteiger partial charge in [0.05, 0.1) is 10.3 Å². The van der Waals surface area contributed by atoms with Crippen LogP contribution in [0.2, 0.25) is 0 Å². The highest BCUT2D eigenvalue weighted by atomic mass is 79.9. The van der Waals surface area contributed by atoms with E-state index in [1.807, 2.05) is 24.0 Å². The first-order valence-corrected chi connectivity index (χ1v) is 8.74. The molecular formula is C14H19BrN2O4S2. The summed E-state index contributed by atoms with van der Waals surface area (Å²) in [7, 11) is -4.08. The van der Waals surface area contributed by atoms with Gasteiger partial charge in [-0.15, -0.1) is 0 Å². The molecule has 0 aliphatic carbocycles. The van der Waals surface area contributed by atoms with Crippen molar-refractivity contribution in [3.8, 4) is 0 Å². The number of hydrogen-bond donors (Lipinski definition) is 2. The number of amides is 1. The number of nitrogens with zero attached hydrogens (tertiary/aromatic N) is 1. The van der Waals surface area contributed by atoms with Crippen LogP contribution in [0.3, 0.4) is 0 Å². The number of benzene rings is 1. The zero-order chi connectivity index (χ0) is 16.9. The fraction of sp³-hybridized carbons (Fsp3) is 0.286. The normalized spacial score (nSPS) is 10.3. The molecule has 1 aromatic carbocycles. The summed E-state index contributed by atoms with van der Waals surface area (Å²) in [6.07, 6.45) is 1.81. The quantitative estimate of drug-likeness (QED) is 0.458. The van der Waals surface area contributed by atoms with Crippen LogP contribution < -0.4 is 27.3 Å². The third-order valence-corrected chi connectivity index (χ3v) is 4.56. The number of aromatic nitrogens is 1. The fourth-order valence-electron chi connectivity index (χ4n) is 2.11. The van der Waals surface area contributed by atoms with E-state index >= 15 is 0 Å². The molecule has 0 saturated heterocycles. The molecule has 0 radical (unpaired) electrons. The molecule has 0 saturated carbocycles. The van der Waals surface area contributed by atoms with Crippen molar-refractivity contribution in [1.29, 1.82) is 0 Å². The summed E-state index contributed by atoms with van der Waals surface area (Å²) in [5.74, 6) is -0.307. The Labute approximate surface area is 150 Å². The second-order valence-electron chi connectivity index (χ2n) is 4.87. The number of rotatable bonds is 3. The van der Waals surface area contributed by atoms with Gasteiger partial charge in [-0.05, 0) is 31.9 Å². The summed E-state index contributed by atoms with van der Waals surface area (Å²) >= 11 is 1.54. The molecule has 0 bridgehead atoms. The molecule has 0 fully saturated rings. The first-order chi connectivity index (χ1) is 10.1. The lowest BCUT2D eigenvalue weighted by molar-refractivity contribution is -0.679.